The van der Waals surface area contributed by atoms with Crippen LogP contribution in [-0.2, 0) is 0 Å². The third-order valence-electron chi connectivity index (χ3n) is 3.03. The molecule has 0 aliphatic rings. The molecule has 2 rings (SSSR count). The Morgan fingerprint density at radius 2 is 1.38 bits per heavy atom. The number of carbonyl (C=O) groups is 1. The summed E-state index contributed by atoms with van der Waals surface area (Å²) in [5.74, 6) is 1.97. The fourth-order valence-electron chi connectivity index (χ4n) is 1.85. The number of ether oxygens (including phenoxy) is 2. The smallest absolute Gasteiger partial charge is 0.415 e. The van der Waals surface area contributed by atoms with Gasteiger partial charge in [0.2, 0.25) is 0 Å². The first-order chi connectivity index (χ1) is 10.2. The van der Waals surface area contributed by atoms with Crippen LogP contribution in [0.25, 0.3) is 0 Å². The van der Waals surface area contributed by atoms with Crippen molar-refractivity contribution in [3.05, 3.63) is 54.6 Å². The van der Waals surface area contributed by atoms with Crippen LogP contribution in [0.2, 0.25) is 0 Å². The Morgan fingerprint density at radius 3 is 1.95 bits per heavy atom. The van der Waals surface area contributed by atoms with Gasteiger partial charge in [0.25, 0.3) is 0 Å². The molecule has 0 aromatic heterocycles. The molecule has 2 aromatic rings. The number of carbonyl (C=O) groups excluding carboxylic acids is 1. The lowest BCUT2D eigenvalue weighted by Gasteiger charge is -2.17. The molecule has 0 saturated heterocycles. The van der Waals surface area contributed by atoms with Gasteiger partial charge < -0.3 is 14.4 Å². The van der Waals surface area contributed by atoms with Crippen molar-refractivity contribution in [2.45, 2.75) is 13.8 Å². The van der Waals surface area contributed by atoms with Crippen molar-refractivity contribution in [2.24, 2.45) is 0 Å². The third kappa shape index (κ3) is 4.24. The van der Waals surface area contributed by atoms with Gasteiger partial charge in [-0.2, -0.15) is 0 Å². The van der Waals surface area contributed by atoms with Crippen LogP contribution in [0.15, 0.2) is 54.6 Å². The monoisotopic (exact) mass is 285 g/mol. The van der Waals surface area contributed by atoms with Gasteiger partial charge in [-0.15, -0.1) is 0 Å². The van der Waals surface area contributed by atoms with E-state index in [9.17, 15) is 4.79 Å². The summed E-state index contributed by atoms with van der Waals surface area (Å²) < 4.78 is 11.0. The van der Waals surface area contributed by atoms with Crippen molar-refractivity contribution < 1.29 is 14.3 Å². The van der Waals surface area contributed by atoms with E-state index in [1.54, 1.807) is 29.2 Å². The number of rotatable bonds is 5. The van der Waals surface area contributed by atoms with Crippen LogP contribution < -0.4 is 9.47 Å². The summed E-state index contributed by atoms with van der Waals surface area (Å²) in [5.41, 5.74) is 0. The van der Waals surface area contributed by atoms with Crippen molar-refractivity contribution in [2.75, 3.05) is 13.1 Å². The van der Waals surface area contributed by atoms with E-state index in [2.05, 4.69) is 0 Å². The molecule has 4 nitrogen and oxygen atoms in total. The van der Waals surface area contributed by atoms with Crippen molar-refractivity contribution in [3.63, 3.8) is 0 Å². The number of amides is 1. The lowest BCUT2D eigenvalue weighted by molar-refractivity contribution is 0.157. The molecule has 4 heteroatoms. The van der Waals surface area contributed by atoms with Gasteiger partial charge >= 0.3 is 6.09 Å². The first kappa shape index (κ1) is 14.9. The Labute approximate surface area is 124 Å². The van der Waals surface area contributed by atoms with E-state index < -0.39 is 0 Å². The SMILES string of the molecule is CCN(CC)C(=O)Oc1ccc(Oc2ccccc2)cc1. The van der Waals surface area contributed by atoms with Crippen LogP contribution in [-0.4, -0.2) is 24.1 Å². The molecule has 21 heavy (non-hydrogen) atoms. The summed E-state index contributed by atoms with van der Waals surface area (Å²) in [6.07, 6.45) is -0.336. The summed E-state index contributed by atoms with van der Waals surface area (Å²) in [6, 6.07) is 16.5. The molecular weight excluding hydrogens is 266 g/mol. The van der Waals surface area contributed by atoms with Gasteiger partial charge in [-0.05, 0) is 50.2 Å². The Morgan fingerprint density at radius 1 is 0.857 bits per heavy atom. The van der Waals surface area contributed by atoms with E-state index in [0.29, 0.717) is 24.6 Å². The quantitative estimate of drug-likeness (QED) is 0.821. The summed E-state index contributed by atoms with van der Waals surface area (Å²) in [5, 5.41) is 0. The van der Waals surface area contributed by atoms with E-state index in [0.717, 1.165) is 5.75 Å². The highest BCUT2D eigenvalue weighted by Gasteiger charge is 2.11. The van der Waals surface area contributed by atoms with Crippen LogP contribution in [0, 0.1) is 0 Å². The molecule has 0 saturated carbocycles. The number of nitrogens with zero attached hydrogens (tertiary/aromatic N) is 1. The number of benzene rings is 2. The molecule has 0 radical (unpaired) electrons. The van der Waals surface area contributed by atoms with Gasteiger partial charge in [0.05, 0.1) is 0 Å². The van der Waals surface area contributed by atoms with E-state index in [1.807, 2.05) is 44.2 Å². The van der Waals surface area contributed by atoms with Crippen LogP contribution in [0.3, 0.4) is 0 Å². The standard InChI is InChI=1S/C17H19NO3/c1-3-18(4-2)17(19)21-16-12-10-15(11-13-16)20-14-8-6-5-7-9-14/h5-13H,3-4H2,1-2H3. The lowest BCUT2D eigenvalue weighted by Crippen LogP contribution is -2.33. The van der Waals surface area contributed by atoms with Crippen LogP contribution >= 0.6 is 0 Å². The second-order valence-electron chi connectivity index (χ2n) is 4.43. The molecule has 0 aliphatic heterocycles. The predicted octanol–water partition coefficient (Wildman–Crippen LogP) is 4.32. The zero-order valence-corrected chi connectivity index (χ0v) is 12.3. The summed E-state index contributed by atoms with van der Waals surface area (Å²) in [7, 11) is 0. The number of para-hydroxylation sites is 1. The Hall–Kier alpha value is -2.49. The zero-order valence-electron chi connectivity index (χ0n) is 12.3. The number of hydrogen-bond acceptors (Lipinski definition) is 3. The first-order valence-corrected chi connectivity index (χ1v) is 7.02. The van der Waals surface area contributed by atoms with E-state index in [-0.39, 0.29) is 6.09 Å². The van der Waals surface area contributed by atoms with Gasteiger partial charge in [0, 0.05) is 13.1 Å². The molecular formula is C17H19NO3. The molecule has 110 valence electrons. The lowest BCUT2D eigenvalue weighted by atomic mass is 10.3. The summed E-state index contributed by atoms with van der Waals surface area (Å²) in [4.78, 5) is 13.4. The van der Waals surface area contributed by atoms with Gasteiger partial charge in [0.1, 0.15) is 17.2 Å². The molecule has 0 atom stereocenters. The van der Waals surface area contributed by atoms with Crippen molar-refractivity contribution in [3.8, 4) is 17.2 Å². The van der Waals surface area contributed by atoms with Crippen LogP contribution in [0.5, 0.6) is 17.2 Å². The van der Waals surface area contributed by atoms with E-state index in [1.165, 1.54) is 0 Å². The maximum absolute atomic E-state index is 11.8. The van der Waals surface area contributed by atoms with Crippen molar-refractivity contribution in [1.82, 2.24) is 4.90 Å². The van der Waals surface area contributed by atoms with Gasteiger partial charge in [-0.1, -0.05) is 18.2 Å². The maximum Gasteiger partial charge on any atom is 0.415 e. The average Bonchev–Trinajstić information content (AvgIpc) is 2.51. The molecule has 1 amide bonds. The molecule has 0 aliphatic carbocycles. The van der Waals surface area contributed by atoms with Gasteiger partial charge in [-0.25, -0.2) is 4.79 Å². The molecule has 0 spiro atoms. The second-order valence-corrected chi connectivity index (χ2v) is 4.43. The van der Waals surface area contributed by atoms with Crippen molar-refractivity contribution >= 4 is 6.09 Å². The predicted molar refractivity (Wildman–Crippen MR) is 81.9 cm³/mol. The van der Waals surface area contributed by atoms with Crippen LogP contribution in [0.4, 0.5) is 4.79 Å². The minimum absolute atomic E-state index is 0.336. The van der Waals surface area contributed by atoms with Gasteiger partial charge in [-0.3, -0.25) is 0 Å². The second kappa shape index (κ2) is 7.33. The molecule has 0 heterocycles. The Kier molecular flexibility index (Phi) is 5.21. The largest absolute Gasteiger partial charge is 0.457 e. The fraction of sp³-hybridized carbons (Fsp3) is 0.235. The third-order valence-corrected chi connectivity index (χ3v) is 3.03. The highest BCUT2D eigenvalue weighted by atomic mass is 16.6. The fourth-order valence-corrected chi connectivity index (χ4v) is 1.85. The van der Waals surface area contributed by atoms with E-state index >= 15 is 0 Å². The molecule has 0 fully saturated rings. The highest BCUT2D eigenvalue weighted by molar-refractivity contribution is 5.70. The normalized spacial score (nSPS) is 10.0. The highest BCUT2D eigenvalue weighted by Crippen LogP contribution is 2.23. The maximum atomic E-state index is 11.8. The van der Waals surface area contributed by atoms with E-state index in [4.69, 9.17) is 9.47 Å². The number of hydrogen-bond donors (Lipinski definition) is 0. The molecule has 0 bridgehead atoms. The van der Waals surface area contributed by atoms with Crippen LogP contribution in [0.1, 0.15) is 13.8 Å². The van der Waals surface area contributed by atoms with Crippen molar-refractivity contribution in [1.29, 1.82) is 0 Å². The zero-order chi connectivity index (χ0) is 15.1. The average molecular weight is 285 g/mol. The molecule has 0 unspecified atom stereocenters. The Balaban J connectivity index is 1.97. The first-order valence-electron chi connectivity index (χ1n) is 7.02. The summed E-state index contributed by atoms with van der Waals surface area (Å²) >= 11 is 0. The molecule has 2 aromatic carbocycles. The van der Waals surface area contributed by atoms with Gasteiger partial charge in [0.15, 0.2) is 0 Å². The topological polar surface area (TPSA) is 38.8 Å². The minimum Gasteiger partial charge on any atom is -0.457 e. The summed E-state index contributed by atoms with van der Waals surface area (Å²) in [6.45, 7) is 5.10. The Bertz CT molecular complexity index is 562. The molecule has 0 N–H and O–H groups in total. The minimum atomic E-state index is -0.336.